The van der Waals surface area contributed by atoms with Gasteiger partial charge in [0.25, 0.3) is 11.5 Å². The van der Waals surface area contributed by atoms with Gasteiger partial charge in [0.05, 0.1) is 17.9 Å². The number of carbonyl (C=O) groups is 2. The Bertz CT molecular complexity index is 1420. The van der Waals surface area contributed by atoms with Crippen LogP contribution in [0.1, 0.15) is 44.7 Å². The Hall–Kier alpha value is -4.40. The van der Waals surface area contributed by atoms with E-state index in [0.29, 0.717) is 40.7 Å². The van der Waals surface area contributed by atoms with Crippen molar-refractivity contribution in [2.45, 2.75) is 27.4 Å². The van der Waals surface area contributed by atoms with Crippen molar-refractivity contribution in [2.75, 3.05) is 11.9 Å². The van der Waals surface area contributed by atoms with E-state index in [0.717, 1.165) is 10.1 Å². The van der Waals surface area contributed by atoms with Gasteiger partial charge in [0.15, 0.2) is 5.65 Å². The summed E-state index contributed by atoms with van der Waals surface area (Å²) in [7, 11) is 0. The number of nitrogens with zero attached hydrogens (tertiary/aromatic N) is 2. The molecule has 2 heterocycles. The fourth-order valence-electron chi connectivity index (χ4n) is 3.32. The number of amides is 1. The molecule has 0 saturated carbocycles. The number of aromatic nitrogens is 2. The minimum Gasteiger partial charge on any atom is -0.494 e. The topological polar surface area (TPSA) is 112 Å². The zero-order valence-corrected chi connectivity index (χ0v) is 19.0. The van der Waals surface area contributed by atoms with E-state index in [1.807, 2.05) is 13.8 Å². The van der Waals surface area contributed by atoms with Gasteiger partial charge in [-0.15, -0.1) is 4.57 Å². The lowest BCUT2D eigenvalue weighted by atomic mass is 10.1. The van der Waals surface area contributed by atoms with Crippen LogP contribution >= 0.6 is 0 Å². The molecule has 4 aromatic rings. The molecule has 2 aromatic carbocycles. The Morgan fingerprint density at radius 3 is 2.50 bits per heavy atom. The maximum atomic E-state index is 12.7. The van der Waals surface area contributed by atoms with Gasteiger partial charge < -0.3 is 19.3 Å². The fraction of sp³-hybridized carbons (Fsp3) is 0.200. The molecule has 2 aromatic heterocycles. The maximum absolute atomic E-state index is 12.7. The predicted octanol–water partition coefficient (Wildman–Crippen LogP) is 3.91. The van der Waals surface area contributed by atoms with E-state index in [1.165, 1.54) is 6.07 Å². The van der Waals surface area contributed by atoms with E-state index in [-0.39, 0.29) is 18.1 Å². The Labute approximate surface area is 194 Å². The Balaban J connectivity index is 1.45. The summed E-state index contributed by atoms with van der Waals surface area (Å²) in [5.41, 5.74) is 2.22. The van der Waals surface area contributed by atoms with Gasteiger partial charge in [-0.25, -0.2) is 9.78 Å². The monoisotopic (exact) mass is 461 g/mol. The second-order valence-electron chi connectivity index (χ2n) is 7.60. The molecule has 0 fully saturated rings. The first-order valence-corrected chi connectivity index (χ1v) is 10.7. The van der Waals surface area contributed by atoms with Crippen LogP contribution in [0.4, 0.5) is 5.69 Å². The number of aryl methyl sites for hydroxylation is 2. The molecular weight excluding hydrogens is 438 g/mol. The molecule has 0 atom stereocenters. The predicted molar refractivity (Wildman–Crippen MR) is 124 cm³/mol. The number of nitrogens with one attached hydrogen (secondary N) is 1. The number of ether oxygens (including phenoxy) is 2. The lowest BCUT2D eigenvalue weighted by molar-refractivity contribution is 0.0467. The molecule has 0 bridgehead atoms. The standard InChI is InChI=1S/C25H23N3O6/c1-4-32-20-9-7-17(8-10-20)24(30)27-21-12-18(6-5-15(21)2)25(31)33-14-19-13-23(29)28-22(26-19)11-16(3)34-28/h5-13H,4,14H2,1-3H3,(H,27,30). The van der Waals surface area contributed by atoms with E-state index in [2.05, 4.69) is 10.3 Å². The van der Waals surface area contributed by atoms with Crippen LogP contribution in [0.5, 0.6) is 5.75 Å². The average molecular weight is 461 g/mol. The summed E-state index contributed by atoms with van der Waals surface area (Å²) in [6.07, 6.45) is 0. The number of rotatable bonds is 7. The highest BCUT2D eigenvalue weighted by atomic mass is 16.5. The first-order chi connectivity index (χ1) is 16.3. The first-order valence-electron chi connectivity index (χ1n) is 10.7. The molecule has 4 rings (SSSR count). The van der Waals surface area contributed by atoms with Gasteiger partial charge in [-0.2, -0.15) is 0 Å². The highest BCUT2D eigenvalue weighted by molar-refractivity contribution is 6.05. The van der Waals surface area contributed by atoms with E-state index in [1.54, 1.807) is 55.5 Å². The Morgan fingerprint density at radius 1 is 1.03 bits per heavy atom. The van der Waals surface area contributed by atoms with E-state index in [4.69, 9.17) is 14.0 Å². The zero-order valence-electron chi connectivity index (χ0n) is 19.0. The molecule has 34 heavy (non-hydrogen) atoms. The largest absolute Gasteiger partial charge is 0.494 e. The van der Waals surface area contributed by atoms with Crippen molar-refractivity contribution in [3.63, 3.8) is 0 Å². The van der Waals surface area contributed by atoms with Crippen molar-refractivity contribution < 1.29 is 23.6 Å². The van der Waals surface area contributed by atoms with E-state index in [9.17, 15) is 14.4 Å². The summed E-state index contributed by atoms with van der Waals surface area (Å²) >= 11 is 0. The molecule has 0 unspecified atom stereocenters. The van der Waals surface area contributed by atoms with Crippen molar-refractivity contribution in [2.24, 2.45) is 0 Å². The summed E-state index contributed by atoms with van der Waals surface area (Å²) in [6.45, 7) is 5.77. The lowest BCUT2D eigenvalue weighted by Crippen LogP contribution is -2.15. The molecule has 0 aliphatic heterocycles. The van der Waals surface area contributed by atoms with Gasteiger partial charge in [0.1, 0.15) is 18.1 Å². The zero-order chi connectivity index (χ0) is 24.2. The normalized spacial score (nSPS) is 10.8. The summed E-state index contributed by atoms with van der Waals surface area (Å²) in [4.78, 5) is 41.7. The Kier molecular flexibility index (Phi) is 6.44. The van der Waals surface area contributed by atoms with Crippen LogP contribution in [-0.2, 0) is 11.3 Å². The molecule has 9 heteroatoms. The van der Waals surface area contributed by atoms with Gasteiger partial charge in [0.2, 0.25) is 0 Å². The molecule has 1 N–H and O–H groups in total. The third-order valence-corrected chi connectivity index (χ3v) is 5.02. The highest BCUT2D eigenvalue weighted by Gasteiger charge is 2.14. The smallest absolute Gasteiger partial charge is 0.338 e. The van der Waals surface area contributed by atoms with Crippen LogP contribution < -0.4 is 15.6 Å². The molecule has 1 amide bonds. The van der Waals surface area contributed by atoms with Crippen LogP contribution in [-0.4, -0.2) is 28.0 Å². The third kappa shape index (κ3) is 4.98. The van der Waals surface area contributed by atoms with Gasteiger partial charge in [0, 0.05) is 23.4 Å². The summed E-state index contributed by atoms with van der Waals surface area (Å²) < 4.78 is 17.0. The van der Waals surface area contributed by atoms with Crippen LogP contribution in [0.2, 0.25) is 0 Å². The Morgan fingerprint density at radius 2 is 1.76 bits per heavy atom. The molecule has 174 valence electrons. The van der Waals surface area contributed by atoms with Crippen LogP contribution in [0.25, 0.3) is 5.65 Å². The SMILES string of the molecule is CCOc1ccc(C(=O)Nc2cc(C(=O)OCc3cc(=O)n4oc(C)cc4n3)ccc2C)cc1. The minimum absolute atomic E-state index is 0.184. The van der Waals surface area contributed by atoms with E-state index >= 15 is 0 Å². The summed E-state index contributed by atoms with van der Waals surface area (Å²) in [6, 6.07) is 14.5. The van der Waals surface area contributed by atoms with Crippen molar-refractivity contribution >= 4 is 23.2 Å². The number of fused-ring (bicyclic) bond motifs is 1. The van der Waals surface area contributed by atoms with Gasteiger partial charge in [-0.05, 0) is 62.7 Å². The van der Waals surface area contributed by atoms with Gasteiger partial charge in [-0.3, -0.25) is 9.59 Å². The van der Waals surface area contributed by atoms with Crippen molar-refractivity contribution in [1.82, 2.24) is 9.56 Å². The molecule has 0 spiro atoms. The molecular formula is C25H23N3O6. The van der Waals surface area contributed by atoms with Crippen molar-refractivity contribution in [3.8, 4) is 5.75 Å². The number of hydrogen-bond donors (Lipinski definition) is 1. The molecule has 9 nitrogen and oxygen atoms in total. The molecule has 0 saturated heterocycles. The summed E-state index contributed by atoms with van der Waals surface area (Å²) in [5, 5.41) is 2.82. The highest BCUT2D eigenvalue weighted by Crippen LogP contribution is 2.20. The number of carbonyl (C=O) groups excluding carboxylic acids is 2. The average Bonchev–Trinajstić information content (AvgIpc) is 3.20. The van der Waals surface area contributed by atoms with Crippen molar-refractivity contribution in [3.05, 3.63) is 93.1 Å². The van der Waals surface area contributed by atoms with Crippen molar-refractivity contribution in [1.29, 1.82) is 0 Å². The van der Waals surface area contributed by atoms with Crippen LogP contribution in [0.15, 0.2) is 63.9 Å². The number of benzene rings is 2. The molecule has 0 aliphatic rings. The number of esters is 1. The maximum Gasteiger partial charge on any atom is 0.338 e. The molecule has 0 aliphatic carbocycles. The van der Waals surface area contributed by atoms with E-state index < -0.39 is 11.5 Å². The first kappa shape index (κ1) is 22.8. The second kappa shape index (κ2) is 9.62. The van der Waals surface area contributed by atoms with Gasteiger partial charge >= 0.3 is 5.97 Å². The minimum atomic E-state index is -0.609. The number of hydrogen-bond acceptors (Lipinski definition) is 7. The molecule has 0 radical (unpaired) electrons. The summed E-state index contributed by atoms with van der Waals surface area (Å²) in [5.74, 6) is 0.296. The van der Waals surface area contributed by atoms with Crippen LogP contribution in [0, 0.1) is 13.8 Å². The lowest BCUT2D eigenvalue weighted by Gasteiger charge is -2.11. The third-order valence-electron chi connectivity index (χ3n) is 5.02. The quantitative estimate of drug-likeness (QED) is 0.415. The van der Waals surface area contributed by atoms with Crippen LogP contribution in [0.3, 0.4) is 0 Å². The fourth-order valence-corrected chi connectivity index (χ4v) is 3.32. The number of anilines is 1. The second-order valence-corrected chi connectivity index (χ2v) is 7.60. The van der Waals surface area contributed by atoms with Gasteiger partial charge in [-0.1, -0.05) is 6.07 Å².